The Bertz CT molecular complexity index is 1180. The Morgan fingerprint density at radius 2 is 1.68 bits per heavy atom. The lowest BCUT2D eigenvalue weighted by Gasteiger charge is -2.35. The Labute approximate surface area is 173 Å². The van der Waals surface area contributed by atoms with Gasteiger partial charge >= 0.3 is 0 Å². The largest absolute Gasteiger partial charge is 0.353 e. The van der Waals surface area contributed by atoms with E-state index in [1.54, 1.807) is 11.3 Å². The van der Waals surface area contributed by atoms with Gasteiger partial charge in [-0.2, -0.15) is 0 Å². The molecule has 2 aromatic heterocycles. The molecule has 0 unspecified atom stereocenters. The number of pyridine rings is 1. The molecule has 1 saturated heterocycles. The molecule has 0 amide bonds. The fraction of sp³-hybridized carbons (Fsp3) is 0.273. The molecular weight excluding hydrogens is 388 g/mol. The van der Waals surface area contributed by atoms with E-state index in [9.17, 15) is 0 Å². The van der Waals surface area contributed by atoms with E-state index in [-0.39, 0.29) is 0 Å². The van der Waals surface area contributed by atoms with Crippen LogP contribution in [0, 0.1) is 13.8 Å². The molecule has 4 nitrogen and oxygen atoms in total. The predicted octanol–water partition coefficient (Wildman–Crippen LogP) is 5.44. The lowest BCUT2D eigenvalue weighted by molar-refractivity contribution is 0.647. The third-order valence-electron chi connectivity index (χ3n) is 5.45. The maximum atomic E-state index is 6.12. The van der Waals surface area contributed by atoms with Crippen molar-refractivity contribution in [2.24, 2.45) is 0 Å². The summed E-state index contributed by atoms with van der Waals surface area (Å²) in [7, 11) is 0. The third-order valence-corrected chi connectivity index (χ3v) is 6.76. The number of halogens is 1. The van der Waals surface area contributed by atoms with Crippen LogP contribution in [0.3, 0.4) is 0 Å². The Kier molecular flexibility index (Phi) is 4.37. The van der Waals surface area contributed by atoms with Crippen molar-refractivity contribution in [3.8, 4) is 0 Å². The number of thiazole rings is 1. The van der Waals surface area contributed by atoms with Gasteiger partial charge in [-0.3, -0.25) is 0 Å². The molecule has 0 aliphatic carbocycles. The van der Waals surface area contributed by atoms with Gasteiger partial charge in [-0.15, -0.1) is 0 Å². The zero-order valence-corrected chi connectivity index (χ0v) is 17.5. The van der Waals surface area contributed by atoms with Gasteiger partial charge in [-0.05, 0) is 49.2 Å². The number of benzene rings is 2. The van der Waals surface area contributed by atoms with E-state index >= 15 is 0 Å². The number of anilines is 2. The second kappa shape index (κ2) is 6.90. The van der Waals surface area contributed by atoms with Crippen molar-refractivity contribution in [3.05, 3.63) is 58.6 Å². The Morgan fingerprint density at radius 1 is 0.893 bits per heavy atom. The van der Waals surface area contributed by atoms with Crippen molar-refractivity contribution >= 4 is 55.0 Å². The number of hydrogen-bond donors (Lipinski definition) is 0. The highest BCUT2D eigenvalue weighted by Gasteiger charge is 2.21. The molecule has 0 N–H and O–H groups in total. The molecule has 2 aromatic carbocycles. The number of nitrogens with zero attached hydrogens (tertiary/aromatic N) is 4. The van der Waals surface area contributed by atoms with E-state index in [4.69, 9.17) is 21.6 Å². The molecule has 0 saturated carbocycles. The highest BCUT2D eigenvalue weighted by atomic mass is 35.5. The summed E-state index contributed by atoms with van der Waals surface area (Å²) in [6, 6.07) is 14.5. The van der Waals surface area contributed by atoms with Crippen LogP contribution in [0.2, 0.25) is 5.02 Å². The predicted molar refractivity (Wildman–Crippen MR) is 120 cm³/mol. The number of hydrogen-bond acceptors (Lipinski definition) is 5. The van der Waals surface area contributed by atoms with Crippen LogP contribution in [0.5, 0.6) is 0 Å². The number of para-hydroxylation sites is 1. The smallest absolute Gasteiger partial charge is 0.186 e. The van der Waals surface area contributed by atoms with Crippen molar-refractivity contribution in [3.63, 3.8) is 0 Å². The molecule has 3 heterocycles. The first kappa shape index (κ1) is 17.7. The topological polar surface area (TPSA) is 32.3 Å². The minimum Gasteiger partial charge on any atom is -0.353 e. The summed E-state index contributed by atoms with van der Waals surface area (Å²) in [5, 5.41) is 3.09. The number of aryl methyl sites for hydroxylation is 2. The highest BCUT2D eigenvalue weighted by molar-refractivity contribution is 7.22. The minimum absolute atomic E-state index is 0.764. The molecule has 5 rings (SSSR count). The molecule has 1 aliphatic rings. The van der Waals surface area contributed by atoms with Gasteiger partial charge in [0, 0.05) is 36.6 Å². The van der Waals surface area contributed by atoms with Crippen molar-refractivity contribution in [1.82, 2.24) is 9.97 Å². The minimum atomic E-state index is 0.764. The average Bonchev–Trinajstić information content (AvgIpc) is 3.12. The normalized spacial score (nSPS) is 15.0. The molecule has 1 aliphatic heterocycles. The summed E-state index contributed by atoms with van der Waals surface area (Å²) in [5.74, 6) is 1.08. The fourth-order valence-corrected chi connectivity index (χ4v) is 5.15. The van der Waals surface area contributed by atoms with Crippen molar-refractivity contribution < 1.29 is 0 Å². The molecule has 142 valence electrons. The second-order valence-electron chi connectivity index (χ2n) is 7.35. The van der Waals surface area contributed by atoms with E-state index in [2.05, 4.69) is 47.9 Å². The fourth-order valence-electron chi connectivity index (χ4n) is 3.85. The van der Waals surface area contributed by atoms with Crippen LogP contribution in [0.15, 0.2) is 42.5 Å². The third kappa shape index (κ3) is 3.09. The lowest BCUT2D eigenvalue weighted by atomic mass is 10.1. The van der Waals surface area contributed by atoms with Crippen LogP contribution in [0.1, 0.15) is 11.1 Å². The second-order valence-corrected chi connectivity index (χ2v) is 8.80. The van der Waals surface area contributed by atoms with Gasteiger partial charge in [0.25, 0.3) is 0 Å². The van der Waals surface area contributed by atoms with Crippen LogP contribution in [0.4, 0.5) is 10.9 Å². The van der Waals surface area contributed by atoms with Crippen molar-refractivity contribution in [2.75, 3.05) is 36.0 Å². The monoisotopic (exact) mass is 408 g/mol. The van der Waals surface area contributed by atoms with Crippen LogP contribution in [0.25, 0.3) is 21.1 Å². The number of rotatable bonds is 2. The van der Waals surface area contributed by atoms with Crippen molar-refractivity contribution in [2.45, 2.75) is 13.8 Å². The highest BCUT2D eigenvalue weighted by Crippen LogP contribution is 2.32. The molecule has 6 heteroatoms. The maximum absolute atomic E-state index is 6.12. The van der Waals surface area contributed by atoms with Crippen LogP contribution in [-0.2, 0) is 0 Å². The van der Waals surface area contributed by atoms with Gasteiger partial charge in [0.2, 0.25) is 0 Å². The number of fused-ring (bicyclic) bond motifs is 2. The summed E-state index contributed by atoms with van der Waals surface area (Å²) in [5.41, 5.74) is 4.65. The molecule has 0 atom stereocenters. The Morgan fingerprint density at radius 3 is 2.50 bits per heavy atom. The Hall–Kier alpha value is -2.37. The zero-order chi connectivity index (χ0) is 19.3. The van der Waals surface area contributed by atoms with Gasteiger partial charge in [-0.25, -0.2) is 9.97 Å². The first-order chi connectivity index (χ1) is 13.6. The molecule has 0 radical (unpaired) electrons. The van der Waals surface area contributed by atoms with Crippen molar-refractivity contribution in [1.29, 1.82) is 0 Å². The van der Waals surface area contributed by atoms with Crippen LogP contribution in [-0.4, -0.2) is 36.1 Å². The standard InChI is InChI=1S/C22H21ClN4S/c1-14-4-3-5-17-15(2)12-20(25-21(14)17)26-8-10-27(11-9-26)22-24-18-7-6-16(23)13-19(18)28-22/h3-7,12-13H,8-11H2,1-2H3. The SMILES string of the molecule is Cc1cc(N2CCN(c3nc4ccc(Cl)cc4s3)CC2)nc2c(C)cccc12. The van der Waals surface area contributed by atoms with Gasteiger partial charge in [0.1, 0.15) is 5.82 Å². The Balaban J connectivity index is 1.38. The summed E-state index contributed by atoms with van der Waals surface area (Å²) in [6.45, 7) is 8.09. The van der Waals surface area contributed by atoms with Gasteiger partial charge in [0.05, 0.1) is 15.7 Å². The molecule has 0 bridgehead atoms. The van der Waals surface area contributed by atoms with Gasteiger partial charge < -0.3 is 9.80 Å². The van der Waals surface area contributed by atoms with E-state index in [0.717, 1.165) is 57.9 Å². The number of piperazine rings is 1. The lowest BCUT2D eigenvalue weighted by Crippen LogP contribution is -2.46. The number of aromatic nitrogens is 2. The van der Waals surface area contributed by atoms with Crippen LogP contribution < -0.4 is 9.80 Å². The summed E-state index contributed by atoms with van der Waals surface area (Å²) in [4.78, 5) is 14.5. The quantitative estimate of drug-likeness (QED) is 0.442. The maximum Gasteiger partial charge on any atom is 0.186 e. The average molecular weight is 409 g/mol. The van der Waals surface area contributed by atoms with E-state index in [1.165, 1.54) is 16.5 Å². The van der Waals surface area contributed by atoms with E-state index in [0.29, 0.717) is 0 Å². The molecule has 28 heavy (non-hydrogen) atoms. The molecule has 1 fully saturated rings. The summed E-state index contributed by atoms with van der Waals surface area (Å²) < 4.78 is 1.15. The van der Waals surface area contributed by atoms with E-state index < -0.39 is 0 Å². The first-order valence-corrected chi connectivity index (χ1v) is 10.7. The first-order valence-electron chi connectivity index (χ1n) is 9.51. The molecule has 4 aromatic rings. The van der Waals surface area contributed by atoms with Crippen LogP contribution >= 0.6 is 22.9 Å². The summed E-state index contributed by atoms with van der Waals surface area (Å²) in [6.07, 6.45) is 0. The zero-order valence-electron chi connectivity index (χ0n) is 15.9. The molecular formula is C22H21ClN4S. The molecule has 0 spiro atoms. The van der Waals surface area contributed by atoms with E-state index in [1.807, 2.05) is 18.2 Å². The van der Waals surface area contributed by atoms with Gasteiger partial charge in [0.15, 0.2) is 5.13 Å². The van der Waals surface area contributed by atoms with Gasteiger partial charge in [-0.1, -0.05) is 41.1 Å². The summed E-state index contributed by atoms with van der Waals surface area (Å²) >= 11 is 7.84.